The summed E-state index contributed by atoms with van der Waals surface area (Å²) >= 11 is 0. The molecule has 3 aliphatic heterocycles. The summed E-state index contributed by atoms with van der Waals surface area (Å²) in [6.07, 6.45) is 4.55. The van der Waals surface area contributed by atoms with E-state index < -0.39 is 47.7 Å². The molecule has 2 bridgehead atoms. The standard InChI is InChI=1S/C36H38N2O6/c1-4-20-37(27-17-16-24-12-10-11-15-26(24)22-27)33(41)31-36-19-18-35(6-3,44-36)30(34(42)43-21-5-2)29(36)32(40)38(31)28(23-39)25-13-8-7-9-14-25/h4-5,7-17,22,28-31,39H,1-2,6,18-21,23H2,3H3/t28-,29+,30-,31?,35+,36?/m1/s1. The van der Waals surface area contributed by atoms with Gasteiger partial charge in [-0.15, -0.1) is 6.58 Å². The van der Waals surface area contributed by atoms with Crippen LogP contribution >= 0.6 is 0 Å². The number of aliphatic hydroxyl groups is 1. The minimum atomic E-state index is -1.28. The van der Waals surface area contributed by atoms with E-state index in [-0.39, 0.29) is 25.0 Å². The maximum atomic E-state index is 15.0. The number of amides is 2. The lowest BCUT2D eigenvalue weighted by Gasteiger charge is -2.39. The quantitative estimate of drug-likeness (QED) is 0.249. The zero-order valence-corrected chi connectivity index (χ0v) is 24.9. The topological polar surface area (TPSA) is 96.4 Å². The molecule has 1 N–H and O–H groups in total. The van der Waals surface area contributed by atoms with Crippen LogP contribution in [0, 0.1) is 11.8 Å². The van der Waals surface area contributed by atoms with Gasteiger partial charge in [-0.2, -0.15) is 0 Å². The summed E-state index contributed by atoms with van der Waals surface area (Å²) in [6.45, 7) is 9.29. The Morgan fingerprint density at radius 2 is 1.80 bits per heavy atom. The van der Waals surface area contributed by atoms with Crippen LogP contribution in [0.5, 0.6) is 0 Å². The first-order valence-corrected chi connectivity index (χ1v) is 15.2. The zero-order valence-electron chi connectivity index (χ0n) is 24.9. The third-order valence-corrected chi connectivity index (χ3v) is 9.77. The lowest BCUT2D eigenvalue weighted by molar-refractivity contribution is -0.161. The highest BCUT2D eigenvalue weighted by molar-refractivity contribution is 6.06. The molecule has 228 valence electrons. The lowest BCUT2D eigenvalue weighted by Crippen LogP contribution is -2.57. The highest BCUT2D eigenvalue weighted by atomic mass is 16.6. The Balaban J connectivity index is 1.51. The van der Waals surface area contributed by atoms with Crippen molar-refractivity contribution < 1.29 is 29.0 Å². The van der Waals surface area contributed by atoms with Crippen LogP contribution < -0.4 is 4.90 Å². The molecule has 3 heterocycles. The van der Waals surface area contributed by atoms with Crippen molar-refractivity contribution in [3.8, 4) is 0 Å². The maximum absolute atomic E-state index is 15.0. The van der Waals surface area contributed by atoms with Crippen LogP contribution in [0.25, 0.3) is 10.8 Å². The third kappa shape index (κ3) is 4.47. The first-order chi connectivity index (χ1) is 21.4. The predicted octanol–water partition coefficient (Wildman–Crippen LogP) is 4.98. The van der Waals surface area contributed by atoms with E-state index >= 15 is 4.79 Å². The molecule has 0 aliphatic carbocycles. The number of nitrogens with zero attached hydrogens (tertiary/aromatic N) is 2. The number of hydrogen-bond donors (Lipinski definition) is 1. The second kappa shape index (κ2) is 11.7. The number of ether oxygens (including phenoxy) is 2. The lowest BCUT2D eigenvalue weighted by atomic mass is 9.65. The van der Waals surface area contributed by atoms with Crippen molar-refractivity contribution >= 4 is 34.2 Å². The molecule has 44 heavy (non-hydrogen) atoms. The van der Waals surface area contributed by atoms with Crippen molar-refractivity contribution in [3.05, 3.63) is 104 Å². The van der Waals surface area contributed by atoms with Crippen LogP contribution in [0.3, 0.4) is 0 Å². The zero-order chi connectivity index (χ0) is 31.1. The first-order valence-electron chi connectivity index (χ1n) is 15.2. The molecule has 0 aromatic heterocycles. The second-order valence-corrected chi connectivity index (χ2v) is 11.9. The summed E-state index contributed by atoms with van der Waals surface area (Å²) in [4.78, 5) is 46.5. The normalized spacial score (nSPS) is 27.6. The summed E-state index contributed by atoms with van der Waals surface area (Å²) < 4.78 is 12.4. The SMILES string of the molecule is C=CCOC(=O)[C@H]1[C@H]2C(=O)N([C@H](CO)c3ccccc3)C(C(=O)N(CC=C)c3ccc4ccccc4c3)C23CC[C@]1(CC)O3. The van der Waals surface area contributed by atoms with E-state index in [0.717, 1.165) is 10.8 Å². The molecule has 2 amide bonds. The van der Waals surface area contributed by atoms with Crippen LogP contribution in [0.4, 0.5) is 5.69 Å². The Morgan fingerprint density at radius 1 is 1.07 bits per heavy atom. The Hall–Kier alpha value is -4.27. The first kappa shape index (κ1) is 29.8. The number of fused-ring (bicyclic) bond motifs is 2. The van der Waals surface area contributed by atoms with E-state index in [0.29, 0.717) is 30.5 Å². The molecule has 0 radical (unpaired) electrons. The molecule has 3 fully saturated rings. The van der Waals surface area contributed by atoms with Gasteiger partial charge in [0.25, 0.3) is 5.91 Å². The van der Waals surface area contributed by atoms with Gasteiger partial charge in [0.05, 0.1) is 24.2 Å². The number of hydrogen-bond acceptors (Lipinski definition) is 6. The number of anilines is 1. The van der Waals surface area contributed by atoms with Crippen molar-refractivity contribution in [3.63, 3.8) is 0 Å². The van der Waals surface area contributed by atoms with Gasteiger partial charge in [0.15, 0.2) is 0 Å². The number of aliphatic hydroxyl groups excluding tert-OH is 1. The largest absolute Gasteiger partial charge is 0.461 e. The second-order valence-electron chi connectivity index (χ2n) is 11.9. The van der Waals surface area contributed by atoms with E-state index in [4.69, 9.17) is 9.47 Å². The number of carbonyl (C=O) groups excluding carboxylic acids is 3. The van der Waals surface area contributed by atoms with Crippen molar-refractivity contribution in [2.45, 2.75) is 49.5 Å². The summed E-state index contributed by atoms with van der Waals surface area (Å²) in [6, 6.07) is 20.9. The van der Waals surface area contributed by atoms with Crippen LogP contribution in [0.15, 0.2) is 98.1 Å². The van der Waals surface area contributed by atoms with Gasteiger partial charge in [0, 0.05) is 12.2 Å². The summed E-state index contributed by atoms with van der Waals surface area (Å²) in [5, 5.41) is 12.8. The summed E-state index contributed by atoms with van der Waals surface area (Å²) in [5.74, 6) is -3.10. The fourth-order valence-corrected chi connectivity index (χ4v) is 7.83. The maximum Gasteiger partial charge on any atom is 0.313 e. The van der Waals surface area contributed by atoms with Gasteiger partial charge in [-0.3, -0.25) is 14.4 Å². The minimum absolute atomic E-state index is 0.00741. The minimum Gasteiger partial charge on any atom is -0.461 e. The van der Waals surface area contributed by atoms with Crippen LogP contribution in [-0.4, -0.2) is 64.8 Å². The molecule has 8 heteroatoms. The number of benzene rings is 3. The number of carbonyl (C=O) groups is 3. The van der Waals surface area contributed by atoms with Gasteiger partial charge in [0.1, 0.15) is 24.2 Å². The molecule has 1 spiro atoms. The van der Waals surface area contributed by atoms with Crippen molar-refractivity contribution in [1.82, 2.24) is 4.90 Å². The smallest absolute Gasteiger partial charge is 0.313 e. The third-order valence-electron chi connectivity index (χ3n) is 9.77. The van der Waals surface area contributed by atoms with Crippen LogP contribution in [0.1, 0.15) is 37.8 Å². The van der Waals surface area contributed by atoms with Gasteiger partial charge in [0.2, 0.25) is 5.91 Å². The molecule has 3 saturated heterocycles. The Bertz CT molecular complexity index is 1610. The van der Waals surface area contributed by atoms with Crippen molar-refractivity contribution in [2.75, 3.05) is 24.7 Å². The molecule has 3 aromatic rings. The Morgan fingerprint density at radius 3 is 2.48 bits per heavy atom. The fraction of sp³-hybridized carbons (Fsp3) is 0.361. The van der Waals surface area contributed by atoms with Gasteiger partial charge < -0.3 is 24.4 Å². The summed E-state index contributed by atoms with van der Waals surface area (Å²) in [5.41, 5.74) is -0.873. The molecule has 0 saturated carbocycles. The average molecular weight is 595 g/mol. The van der Waals surface area contributed by atoms with Crippen LogP contribution in [0.2, 0.25) is 0 Å². The number of likely N-dealkylation sites (tertiary alicyclic amines) is 1. The van der Waals surface area contributed by atoms with Crippen molar-refractivity contribution in [2.24, 2.45) is 11.8 Å². The van der Waals surface area contributed by atoms with Gasteiger partial charge in [-0.1, -0.05) is 86.3 Å². The highest BCUT2D eigenvalue weighted by Crippen LogP contribution is 2.65. The van der Waals surface area contributed by atoms with E-state index in [9.17, 15) is 14.7 Å². The molecular formula is C36H38N2O6. The van der Waals surface area contributed by atoms with E-state index in [1.165, 1.54) is 11.0 Å². The Labute approximate surface area is 257 Å². The molecule has 2 unspecified atom stereocenters. The highest BCUT2D eigenvalue weighted by Gasteiger charge is 2.79. The van der Waals surface area contributed by atoms with Crippen molar-refractivity contribution in [1.29, 1.82) is 0 Å². The van der Waals surface area contributed by atoms with Crippen LogP contribution in [-0.2, 0) is 23.9 Å². The van der Waals surface area contributed by atoms with E-state index in [1.54, 1.807) is 11.0 Å². The van der Waals surface area contributed by atoms with Gasteiger partial charge in [-0.25, -0.2) is 0 Å². The number of rotatable bonds is 11. The molecule has 8 nitrogen and oxygen atoms in total. The molecular weight excluding hydrogens is 556 g/mol. The van der Waals surface area contributed by atoms with Gasteiger partial charge in [-0.05, 0) is 47.7 Å². The molecule has 3 aromatic carbocycles. The predicted molar refractivity (Wildman–Crippen MR) is 168 cm³/mol. The fourth-order valence-electron chi connectivity index (χ4n) is 7.83. The molecule has 6 rings (SSSR count). The summed E-state index contributed by atoms with van der Waals surface area (Å²) in [7, 11) is 0. The monoisotopic (exact) mass is 594 g/mol. The average Bonchev–Trinajstić information content (AvgIpc) is 3.66. The Kier molecular flexibility index (Phi) is 7.90. The van der Waals surface area contributed by atoms with Gasteiger partial charge >= 0.3 is 5.97 Å². The van der Waals surface area contributed by atoms with E-state index in [1.807, 2.05) is 79.7 Å². The molecule has 3 aliphatic rings. The molecule has 6 atom stereocenters. The van der Waals surface area contributed by atoms with E-state index in [2.05, 4.69) is 13.2 Å². The number of esters is 1.